The number of carbonyl (C=O) groups excluding carboxylic acids is 1. The lowest BCUT2D eigenvalue weighted by molar-refractivity contribution is -0.870. The number of hydrogen-bond acceptors (Lipinski definition) is 7. The molecule has 320 valence electrons. The molecule has 55 heavy (non-hydrogen) atoms. The van der Waals surface area contributed by atoms with Crippen molar-refractivity contribution in [3.63, 3.8) is 0 Å². The molecule has 0 aromatic rings. The van der Waals surface area contributed by atoms with E-state index in [2.05, 4.69) is 43.5 Å². The van der Waals surface area contributed by atoms with Crippen LogP contribution in [0.5, 0.6) is 0 Å². The number of rotatable bonds is 38. The highest BCUT2D eigenvalue weighted by atomic mass is 31.2. The highest BCUT2D eigenvalue weighted by Gasteiger charge is 2.23. The number of amides is 1. The Morgan fingerprint density at radius 2 is 1.24 bits per heavy atom. The summed E-state index contributed by atoms with van der Waals surface area (Å²) in [4.78, 5) is 25.2. The molecule has 10 heteroatoms. The van der Waals surface area contributed by atoms with Crippen LogP contribution in [0, 0.1) is 0 Å². The fourth-order valence-corrected chi connectivity index (χ4v) is 6.51. The van der Waals surface area contributed by atoms with Crippen molar-refractivity contribution >= 4 is 13.7 Å². The Hall–Kier alpha value is -1.84. The quantitative estimate of drug-likeness (QED) is 0.0187. The summed E-state index contributed by atoms with van der Waals surface area (Å²) in [6.07, 6.45) is 43.1. The second-order valence-corrected chi connectivity index (χ2v) is 17.3. The summed E-state index contributed by atoms with van der Waals surface area (Å²) in [7, 11) is 1.19. The zero-order valence-corrected chi connectivity index (χ0v) is 36.6. The predicted molar refractivity (Wildman–Crippen MR) is 230 cm³/mol. The van der Waals surface area contributed by atoms with E-state index in [0.717, 1.165) is 64.2 Å². The maximum absolute atomic E-state index is 12.8. The van der Waals surface area contributed by atoms with Crippen LogP contribution in [0.2, 0.25) is 0 Å². The minimum atomic E-state index is -4.61. The van der Waals surface area contributed by atoms with E-state index in [1.807, 2.05) is 51.5 Å². The Bertz CT molecular complexity index is 1100. The number of allylic oxidation sites excluding steroid dienone is 8. The average Bonchev–Trinajstić information content (AvgIpc) is 3.13. The molecule has 0 aliphatic rings. The maximum atomic E-state index is 12.8. The monoisotopic (exact) mass is 795 g/mol. The molecule has 0 aromatic carbocycles. The van der Waals surface area contributed by atoms with Crippen LogP contribution in [-0.2, 0) is 18.4 Å². The van der Waals surface area contributed by atoms with E-state index in [0.29, 0.717) is 17.4 Å². The van der Waals surface area contributed by atoms with Gasteiger partial charge in [0, 0.05) is 6.42 Å². The molecule has 1 amide bonds. The van der Waals surface area contributed by atoms with Crippen LogP contribution >= 0.6 is 7.82 Å². The third kappa shape index (κ3) is 38.8. The van der Waals surface area contributed by atoms with E-state index >= 15 is 0 Å². The Kier molecular flexibility index (Phi) is 35.3. The fourth-order valence-electron chi connectivity index (χ4n) is 5.78. The number of nitrogens with zero attached hydrogens (tertiary/aromatic N) is 1. The number of unbranched alkanes of at least 4 members (excludes halogenated alkanes) is 16. The number of carbonyl (C=O) groups is 1. The van der Waals surface area contributed by atoms with E-state index in [1.54, 1.807) is 6.08 Å². The highest BCUT2D eigenvalue weighted by molar-refractivity contribution is 7.45. The molecule has 0 aromatic heterocycles. The molecule has 0 heterocycles. The van der Waals surface area contributed by atoms with Gasteiger partial charge in [-0.15, -0.1) is 0 Å². The number of phosphoric acid groups is 1. The molecule has 0 saturated heterocycles. The molecule has 0 fully saturated rings. The summed E-state index contributed by atoms with van der Waals surface area (Å²) in [5.74, 6) is -0.271. The number of nitrogens with one attached hydrogen (secondary N) is 1. The lowest BCUT2D eigenvalue weighted by atomic mass is 10.0. The van der Waals surface area contributed by atoms with Gasteiger partial charge in [-0.25, -0.2) is 0 Å². The van der Waals surface area contributed by atoms with Gasteiger partial charge in [-0.1, -0.05) is 171 Å². The predicted octanol–water partition coefficient (Wildman–Crippen LogP) is 10.2. The van der Waals surface area contributed by atoms with E-state index < -0.39 is 26.6 Å². The molecule has 4 atom stereocenters. The Balaban J connectivity index is 4.61. The molecule has 0 spiro atoms. The lowest BCUT2D eigenvalue weighted by Gasteiger charge is -2.29. The smallest absolute Gasteiger partial charge is 0.268 e. The van der Waals surface area contributed by atoms with Crippen LogP contribution in [0.1, 0.15) is 162 Å². The van der Waals surface area contributed by atoms with Crippen molar-refractivity contribution in [2.24, 2.45) is 0 Å². The number of hydrogen-bond donors (Lipinski definition) is 3. The zero-order chi connectivity index (χ0) is 40.9. The van der Waals surface area contributed by atoms with Crippen LogP contribution < -0.4 is 10.2 Å². The highest BCUT2D eigenvalue weighted by Crippen LogP contribution is 2.38. The maximum Gasteiger partial charge on any atom is 0.268 e. The SMILES string of the molecule is CCCCCCCCCCCCCCC/C=C/[C@@H](O)[C@H](COP(=O)([O-])OCC[N+](C)(C)C)NC(=O)CCC/C=C\C/C=C\C/C=C\C=C\[C@@H](O)CCCCC. The molecule has 0 aliphatic heterocycles. The van der Waals surface area contributed by atoms with Crippen LogP contribution in [0.3, 0.4) is 0 Å². The van der Waals surface area contributed by atoms with Gasteiger partial charge in [0.15, 0.2) is 0 Å². The average molecular weight is 795 g/mol. The van der Waals surface area contributed by atoms with Crippen molar-refractivity contribution < 1.29 is 38.0 Å². The summed E-state index contributed by atoms with van der Waals surface area (Å²) in [6, 6.07) is -0.930. The van der Waals surface area contributed by atoms with Crippen LogP contribution in [0.4, 0.5) is 0 Å². The lowest BCUT2D eigenvalue weighted by Crippen LogP contribution is -2.45. The van der Waals surface area contributed by atoms with Gasteiger partial charge in [-0.05, 0) is 44.9 Å². The van der Waals surface area contributed by atoms with E-state index in [1.165, 1.54) is 70.6 Å². The molecule has 1 unspecified atom stereocenters. The molecule has 0 saturated carbocycles. The van der Waals surface area contributed by atoms with Gasteiger partial charge < -0.3 is 34.0 Å². The van der Waals surface area contributed by atoms with Crippen molar-refractivity contribution in [3.05, 3.63) is 60.8 Å². The van der Waals surface area contributed by atoms with Crippen LogP contribution in [-0.4, -0.2) is 79.8 Å². The van der Waals surface area contributed by atoms with Gasteiger partial charge in [0.1, 0.15) is 13.2 Å². The topological polar surface area (TPSA) is 128 Å². The van der Waals surface area contributed by atoms with Gasteiger partial charge in [0.25, 0.3) is 7.82 Å². The summed E-state index contributed by atoms with van der Waals surface area (Å²) >= 11 is 0. The van der Waals surface area contributed by atoms with E-state index in [4.69, 9.17) is 9.05 Å². The first-order chi connectivity index (χ1) is 26.4. The first-order valence-electron chi connectivity index (χ1n) is 21.8. The summed E-state index contributed by atoms with van der Waals surface area (Å²) in [6.45, 7) is 4.45. The van der Waals surface area contributed by atoms with E-state index in [9.17, 15) is 24.5 Å². The van der Waals surface area contributed by atoms with E-state index in [-0.39, 0.29) is 25.0 Å². The Labute approximate surface area is 337 Å². The van der Waals surface area contributed by atoms with Gasteiger partial charge in [0.2, 0.25) is 5.91 Å². The minimum absolute atomic E-state index is 0.0219. The molecular formula is C45H83N2O7P. The van der Waals surface area contributed by atoms with Gasteiger partial charge in [-0.3, -0.25) is 9.36 Å². The summed E-state index contributed by atoms with van der Waals surface area (Å²) < 4.78 is 23.1. The standard InChI is InChI=1S/C45H83N2O7P/c1-6-8-10-11-12-13-14-15-16-17-20-23-26-29-33-37-44(49)43(41-54-55(51,52)53-40-39-47(3,4)5)46-45(50)38-34-30-27-24-21-18-19-22-25-28-32-36-42(48)35-31-9-7-2/h18-19,24-25,27-28,32-33,36-37,42-44,48-49H,6-17,20-23,26,29-31,34-35,38-41H2,1-5H3,(H-,46,50,51,52)/b19-18-,27-24-,28-25-,36-32+,37-33+/t42-,43-,44+/m0/s1. The molecule has 0 bridgehead atoms. The van der Waals surface area contributed by atoms with Crippen molar-refractivity contribution in [2.45, 2.75) is 180 Å². The third-order valence-corrected chi connectivity index (χ3v) is 10.3. The van der Waals surface area contributed by atoms with Crippen molar-refractivity contribution in [2.75, 3.05) is 40.9 Å². The summed E-state index contributed by atoms with van der Waals surface area (Å²) in [5, 5.41) is 23.6. The minimum Gasteiger partial charge on any atom is -0.756 e. The third-order valence-electron chi connectivity index (χ3n) is 9.33. The number of aliphatic hydroxyl groups is 2. The largest absolute Gasteiger partial charge is 0.756 e. The first kappa shape index (κ1) is 53.2. The number of likely N-dealkylation sites (N-methyl/N-ethyl adjacent to an activating group) is 1. The Morgan fingerprint density at radius 1 is 0.691 bits per heavy atom. The molecule has 9 nitrogen and oxygen atoms in total. The number of quaternary nitrogens is 1. The number of phosphoric ester groups is 1. The van der Waals surface area contributed by atoms with Crippen LogP contribution in [0.15, 0.2) is 60.8 Å². The fraction of sp³-hybridized carbons (Fsp3) is 0.756. The molecule has 3 N–H and O–H groups in total. The molecule has 0 radical (unpaired) electrons. The van der Waals surface area contributed by atoms with Crippen molar-refractivity contribution in [1.29, 1.82) is 0 Å². The second kappa shape index (κ2) is 36.5. The molecular weight excluding hydrogens is 711 g/mol. The number of aliphatic hydroxyl groups excluding tert-OH is 2. The van der Waals surface area contributed by atoms with Crippen molar-refractivity contribution in [1.82, 2.24) is 5.32 Å². The van der Waals surface area contributed by atoms with Gasteiger partial charge >= 0.3 is 0 Å². The summed E-state index contributed by atoms with van der Waals surface area (Å²) in [5.41, 5.74) is 0. The molecule has 0 rings (SSSR count). The Morgan fingerprint density at radius 3 is 1.85 bits per heavy atom. The van der Waals surface area contributed by atoms with Crippen molar-refractivity contribution in [3.8, 4) is 0 Å². The van der Waals surface area contributed by atoms with Crippen LogP contribution in [0.25, 0.3) is 0 Å². The first-order valence-corrected chi connectivity index (χ1v) is 23.2. The second-order valence-electron chi connectivity index (χ2n) is 15.9. The molecule has 0 aliphatic carbocycles. The van der Waals surface area contributed by atoms with Gasteiger partial charge in [0.05, 0.1) is 46.0 Å². The van der Waals surface area contributed by atoms with Gasteiger partial charge in [-0.2, -0.15) is 0 Å². The zero-order valence-electron chi connectivity index (χ0n) is 35.7. The normalized spacial score (nSPS) is 15.6.